The van der Waals surface area contributed by atoms with Gasteiger partial charge in [-0.2, -0.15) is 13.2 Å². The molecule has 0 spiro atoms. The molecule has 0 bridgehead atoms. The van der Waals surface area contributed by atoms with Crippen LogP contribution in [0.2, 0.25) is 0 Å². The maximum absolute atomic E-state index is 12.1. The highest BCUT2D eigenvalue weighted by Crippen LogP contribution is 2.27. The first-order valence-electron chi connectivity index (χ1n) is 4.20. The summed E-state index contributed by atoms with van der Waals surface area (Å²) in [7, 11) is 1.34. The first-order chi connectivity index (χ1) is 7.18. The third kappa shape index (κ3) is 4.40. The van der Waals surface area contributed by atoms with E-state index < -0.39 is 20.9 Å². The van der Waals surface area contributed by atoms with E-state index in [1.807, 2.05) is 0 Å². The van der Waals surface area contributed by atoms with Crippen molar-refractivity contribution in [3.63, 3.8) is 0 Å². The molecular weight excluding hydrogens is 269 g/mol. The fraction of sp³-hybridized carbons (Fsp3) is 0.571. The molecule has 0 unspecified atom stereocenters. The van der Waals surface area contributed by atoms with Gasteiger partial charge in [-0.05, 0) is 6.42 Å². The minimum absolute atomic E-state index is 0.120. The van der Waals surface area contributed by atoms with Crippen LogP contribution in [0.1, 0.15) is 12.1 Å². The molecule has 0 N–H and O–H groups in total. The van der Waals surface area contributed by atoms with Crippen molar-refractivity contribution in [1.82, 2.24) is 9.55 Å². The highest BCUT2D eigenvalue weighted by molar-refractivity contribution is 8.13. The number of halogens is 4. The molecular formula is C7H8ClF3N2O2S. The van der Waals surface area contributed by atoms with Crippen LogP contribution in [-0.2, 0) is 21.8 Å². The highest BCUT2D eigenvalue weighted by atomic mass is 35.7. The average molecular weight is 277 g/mol. The monoisotopic (exact) mass is 276 g/mol. The third-order valence-corrected chi connectivity index (χ3v) is 2.97. The first kappa shape index (κ1) is 13.3. The van der Waals surface area contributed by atoms with Crippen LogP contribution in [0.5, 0.6) is 0 Å². The largest absolute Gasteiger partial charge is 0.434 e. The molecule has 9 heteroatoms. The second-order valence-electron chi connectivity index (χ2n) is 3.09. The van der Waals surface area contributed by atoms with Crippen LogP contribution >= 0.6 is 10.7 Å². The lowest BCUT2D eigenvalue weighted by atomic mass is 10.4. The predicted molar refractivity (Wildman–Crippen MR) is 51.5 cm³/mol. The molecule has 0 saturated carbocycles. The Morgan fingerprint density at radius 3 is 2.50 bits per heavy atom. The number of aryl methyl sites for hydroxylation is 1. The van der Waals surface area contributed by atoms with E-state index in [2.05, 4.69) is 4.98 Å². The summed E-state index contributed by atoms with van der Waals surface area (Å²) in [6, 6.07) is 0. The van der Waals surface area contributed by atoms with Crippen molar-refractivity contribution in [2.24, 2.45) is 0 Å². The van der Waals surface area contributed by atoms with Gasteiger partial charge in [0.25, 0.3) is 0 Å². The average Bonchev–Trinajstić information content (AvgIpc) is 2.49. The highest BCUT2D eigenvalue weighted by Gasteiger charge is 2.33. The van der Waals surface area contributed by atoms with Gasteiger partial charge in [0.05, 0.1) is 12.1 Å². The first-order valence-corrected chi connectivity index (χ1v) is 6.67. The summed E-state index contributed by atoms with van der Waals surface area (Å²) < 4.78 is 58.6. The van der Waals surface area contributed by atoms with Crippen molar-refractivity contribution in [1.29, 1.82) is 0 Å². The summed E-state index contributed by atoms with van der Waals surface area (Å²) in [5.74, 6) is -0.284. The normalized spacial score (nSPS) is 13.0. The Morgan fingerprint density at radius 1 is 1.44 bits per heavy atom. The summed E-state index contributed by atoms with van der Waals surface area (Å²) in [5, 5.41) is 0. The summed E-state index contributed by atoms with van der Waals surface area (Å²) in [5.41, 5.74) is -0.999. The van der Waals surface area contributed by atoms with Crippen LogP contribution in [0.15, 0.2) is 12.5 Å². The number of rotatable bonds is 4. The summed E-state index contributed by atoms with van der Waals surface area (Å²) in [4.78, 5) is 3.16. The van der Waals surface area contributed by atoms with Gasteiger partial charge in [-0.15, -0.1) is 0 Å². The Hall–Kier alpha value is -0.760. The van der Waals surface area contributed by atoms with E-state index in [1.54, 1.807) is 0 Å². The van der Waals surface area contributed by atoms with Crippen molar-refractivity contribution in [2.75, 3.05) is 5.75 Å². The smallest absolute Gasteiger partial charge is 0.337 e. The van der Waals surface area contributed by atoms with E-state index in [0.717, 1.165) is 12.5 Å². The molecule has 0 aliphatic heterocycles. The summed E-state index contributed by atoms with van der Waals surface area (Å²) >= 11 is 0. The standard InChI is InChI=1S/C7H8ClF3N2O2S/c8-16(14,15)3-1-2-13-4-6(12-5-13)7(9,10)11/h4-5H,1-3H2. The van der Waals surface area contributed by atoms with Crippen molar-refractivity contribution >= 4 is 19.7 Å². The van der Waals surface area contributed by atoms with Gasteiger partial charge in [-0.25, -0.2) is 13.4 Å². The van der Waals surface area contributed by atoms with Crippen molar-refractivity contribution in [2.45, 2.75) is 19.1 Å². The second kappa shape index (κ2) is 4.62. The second-order valence-corrected chi connectivity index (χ2v) is 5.99. The Bertz CT molecular complexity index is 454. The van der Waals surface area contributed by atoms with Crippen LogP contribution in [0, 0.1) is 0 Å². The van der Waals surface area contributed by atoms with Gasteiger partial charge in [0.1, 0.15) is 0 Å². The summed E-state index contributed by atoms with van der Waals surface area (Å²) in [6.45, 7) is 0.120. The Balaban J connectivity index is 2.54. The number of aromatic nitrogens is 2. The Labute approximate surface area is 94.5 Å². The lowest BCUT2D eigenvalue weighted by Crippen LogP contribution is -2.06. The molecule has 1 aromatic rings. The molecule has 0 aliphatic carbocycles. The molecule has 0 amide bonds. The fourth-order valence-corrected chi connectivity index (χ4v) is 1.85. The van der Waals surface area contributed by atoms with Gasteiger partial charge in [0.2, 0.25) is 9.05 Å². The maximum Gasteiger partial charge on any atom is 0.434 e. The van der Waals surface area contributed by atoms with Crippen LogP contribution in [0.25, 0.3) is 0 Å². The molecule has 0 aliphatic rings. The van der Waals surface area contributed by atoms with E-state index in [9.17, 15) is 21.6 Å². The molecule has 1 rings (SSSR count). The van der Waals surface area contributed by atoms with E-state index in [0.29, 0.717) is 0 Å². The van der Waals surface area contributed by atoms with E-state index >= 15 is 0 Å². The van der Waals surface area contributed by atoms with Crippen molar-refractivity contribution in [3.8, 4) is 0 Å². The topological polar surface area (TPSA) is 52.0 Å². The van der Waals surface area contributed by atoms with Crippen molar-refractivity contribution in [3.05, 3.63) is 18.2 Å². The predicted octanol–water partition coefficient (Wildman–Crippen LogP) is 1.86. The molecule has 1 aromatic heterocycles. The zero-order valence-corrected chi connectivity index (χ0v) is 9.48. The lowest BCUT2D eigenvalue weighted by Gasteiger charge is -2.01. The molecule has 4 nitrogen and oxygen atoms in total. The van der Waals surface area contributed by atoms with Crippen LogP contribution in [0.3, 0.4) is 0 Å². The van der Waals surface area contributed by atoms with Gasteiger partial charge in [-0.1, -0.05) is 0 Å². The summed E-state index contributed by atoms with van der Waals surface area (Å²) in [6.07, 6.45) is -2.52. The molecule has 0 saturated heterocycles. The van der Waals surface area contributed by atoms with E-state index in [-0.39, 0.29) is 18.7 Å². The van der Waals surface area contributed by atoms with Crippen LogP contribution < -0.4 is 0 Å². The quantitative estimate of drug-likeness (QED) is 0.789. The van der Waals surface area contributed by atoms with Gasteiger partial charge in [-0.3, -0.25) is 0 Å². The minimum Gasteiger partial charge on any atom is -0.337 e. The lowest BCUT2D eigenvalue weighted by molar-refractivity contribution is -0.140. The molecule has 16 heavy (non-hydrogen) atoms. The SMILES string of the molecule is O=S(=O)(Cl)CCCn1cnc(C(F)(F)F)c1. The van der Waals surface area contributed by atoms with Crippen LogP contribution in [-0.4, -0.2) is 23.7 Å². The number of alkyl halides is 3. The van der Waals surface area contributed by atoms with E-state index in [4.69, 9.17) is 10.7 Å². The number of hydrogen-bond acceptors (Lipinski definition) is 3. The Morgan fingerprint density at radius 2 is 2.06 bits per heavy atom. The molecule has 1 heterocycles. The molecule has 0 atom stereocenters. The molecule has 0 radical (unpaired) electrons. The Kier molecular flexibility index (Phi) is 3.84. The van der Waals surface area contributed by atoms with Crippen LogP contribution in [0.4, 0.5) is 13.2 Å². The molecule has 0 fully saturated rings. The minimum atomic E-state index is -4.48. The number of imidazole rings is 1. The third-order valence-electron chi connectivity index (χ3n) is 1.73. The van der Waals surface area contributed by atoms with Gasteiger partial charge in [0, 0.05) is 23.4 Å². The molecule has 0 aromatic carbocycles. The maximum atomic E-state index is 12.1. The van der Waals surface area contributed by atoms with Gasteiger partial charge < -0.3 is 4.57 Å². The van der Waals surface area contributed by atoms with Gasteiger partial charge >= 0.3 is 6.18 Å². The number of hydrogen-bond donors (Lipinski definition) is 0. The van der Waals surface area contributed by atoms with Gasteiger partial charge in [0.15, 0.2) is 5.69 Å². The zero-order valence-electron chi connectivity index (χ0n) is 7.91. The zero-order chi connectivity index (χ0) is 12.4. The van der Waals surface area contributed by atoms with Crippen molar-refractivity contribution < 1.29 is 21.6 Å². The molecule has 92 valence electrons. The number of nitrogens with zero attached hydrogens (tertiary/aromatic N) is 2. The fourth-order valence-electron chi connectivity index (χ4n) is 1.05. The van der Waals surface area contributed by atoms with E-state index in [1.165, 1.54) is 4.57 Å².